The van der Waals surface area contributed by atoms with Crippen LogP contribution in [0.15, 0.2) is 48.5 Å². The van der Waals surface area contributed by atoms with E-state index in [0.29, 0.717) is 11.8 Å². The van der Waals surface area contributed by atoms with Gasteiger partial charge in [-0.15, -0.1) is 0 Å². The van der Waals surface area contributed by atoms with E-state index < -0.39 is 0 Å². The lowest BCUT2D eigenvalue weighted by molar-refractivity contribution is 0.541. The van der Waals surface area contributed by atoms with Crippen molar-refractivity contribution in [2.45, 2.75) is 26.2 Å². The zero-order valence-electron chi connectivity index (χ0n) is 11.2. The van der Waals surface area contributed by atoms with Crippen molar-refractivity contribution < 1.29 is 0 Å². The van der Waals surface area contributed by atoms with Gasteiger partial charge in [0.25, 0.3) is 0 Å². The van der Waals surface area contributed by atoms with E-state index in [1.165, 1.54) is 11.1 Å². The summed E-state index contributed by atoms with van der Waals surface area (Å²) in [6.45, 7) is 4.48. The Balaban J connectivity index is 2.41. The highest BCUT2D eigenvalue weighted by molar-refractivity contribution is 6.31. The summed E-state index contributed by atoms with van der Waals surface area (Å²) in [4.78, 5) is 0. The molecule has 0 aliphatic rings. The second-order valence-electron chi connectivity index (χ2n) is 5.29. The fraction of sp³-hybridized carbons (Fsp3) is 0.294. The van der Waals surface area contributed by atoms with Crippen LogP contribution >= 0.6 is 23.2 Å². The number of hydrogen-bond donors (Lipinski definition) is 0. The van der Waals surface area contributed by atoms with E-state index in [0.717, 1.165) is 16.5 Å². The lowest BCUT2D eigenvalue weighted by atomic mass is 9.85. The fourth-order valence-corrected chi connectivity index (χ4v) is 2.78. The van der Waals surface area contributed by atoms with Crippen molar-refractivity contribution in [3.8, 4) is 0 Å². The molecule has 0 atom stereocenters. The molecular weight excluding hydrogens is 275 g/mol. The van der Waals surface area contributed by atoms with Crippen LogP contribution in [0.4, 0.5) is 0 Å². The van der Waals surface area contributed by atoms with Gasteiger partial charge in [-0.25, -0.2) is 0 Å². The second kappa shape index (κ2) is 6.45. The normalized spacial score (nSPS) is 11.3. The first-order valence-corrected chi connectivity index (χ1v) is 7.33. The van der Waals surface area contributed by atoms with Crippen LogP contribution in [0, 0.1) is 5.92 Å². The van der Waals surface area contributed by atoms with Crippen LogP contribution in [0.5, 0.6) is 0 Å². The molecule has 0 aliphatic heterocycles. The van der Waals surface area contributed by atoms with Crippen LogP contribution in [-0.4, -0.2) is 0 Å². The highest BCUT2D eigenvalue weighted by Gasteiger charge is 2.16. The molecule has 0 amide bonds. The molecule has 19 heavy (non-hydrogen) atoms. The van der Waals surface area contributed by atoms with Gasteiger partial charge in [0.15, 0.2) is 0 Å². The third-order valence-electron chi connectivity index (χ3n) is 3.21. The fourth-order valence-electron chi connectivity index (χ4n) is 2.38. The topological polar surface area (TPSA) is 0 Å². The third-order valence-corrected chi connectivity index (χ3v) is 3.68. The summed E-state index contributed by atoms with van der Waals surface area (Å²) in [7, 11) is 0. The average Bonchev–Trinajstić information content (AvgIpc) is 2.35. The first-order chi connectivity index (χ1) is 9.06. The zero-order valence-corrected chi connectivity index (χ0v) is 12.7. The zero-order chi connectivity index (χ0) is 13.8. The molecule has 0 aromatic heterocycles. The summed E-state index contributed by atoms with van der Waals surface area (Å²) in [6, 6.07) is 16.2. The largest absolute Gasteiger partial charge is 0.0843 e. The molecule has 0 N–H and O–H groups in total. The first kappa shape index (κ1) is 14.4. The smallest absolute Gasteiger partial charge is 0.0408 e. The summed E-state index contributed by atoms with van der Waals surface area (Å²) >= 11 is 12.2. The Morgan fingerprint density at radius 1 is 0.842 bits per heavy atom. The molecule has 2 aromatic carbocycles. The third kappa shape index (κ3) is 3.99. The molecular formula is C17H18Cl2. The lowest BCUT2D eigenvalue weighted by Gasteiger charge is -2.20. The van der Waals surface area contributed by atoms with Crippen molar-refractivity contribution >= 4 is 23.2 Å². The monoisotopic (exact) mass is 292 g/mol. The van der Waals surface area contributed by atoms with E-state index in [1.807, 2.05) is 24.3 Å². The molecule has 2 aromatic rings. The Hall–Kier alpha value is -0.980. The van der Waals surface area contributed by atoms with E-state index in [4.69, 9.17) is 23.2 Å². The molecule has 0 aliphatic carbocycles. The van der Waals surface area contributed by atoms with Crippen molar-refractivity contribution in [3.05, 3.63) is 69.7 Å². The highest BCUT2D eigenvalue weighted by Crippen LogP contribution is 2.33. The minimum Gasteiger partial charge on any atom is -0.0843 e. The molecule has 100 valence electrons. The molecule has 2 rings (SSSR count). The summed E-state index contributed by atoms with van der Waals surface area (Å²) in [5.41, 5.74) is 2.51. The van der Waals surface area contributed by atoms with Crippen LogP contribution in [0.2, 0.25) is 10.0 Å². The number of rotatable bonds is 4. The Bertz CT molecular complexity index is 501. The Morgan fingerprint density at radius 2 is 1.32 bits per heavy atom. The first-order valence-electron chi connectivity index (χ1n) is 6.57. The van der Waals surface area contributed by atoms with Gasteiger partial charge in [-0.1, -0.05) is 61.3 Å². The maximum Gasteiger partial charge on any atom is 0.0408 e. The van der Waals surface area contributed by atoms with Gasteiger partial charge in [0, 0.05) is 16.0 Å². The van der Waals surface area contributed by atoms with Crippen molar-refractivity contribution in [3.63, 3.8) is 0 Å². The molecule has 0 saturated heterocycles. The van der Waals surface area contributed by atoms with E-state index >= 15 is 0 Å². The van der Waals surface area contributed by atoms with E-state index in [2.05, 4.69) is 38.1 Å². The van der Waals surface area contributed by atoms with Gasteiger partial charge >= 0.3 is 0 Å². The summed E-state index contributed by atoms with van der Waals surface area (Å²) in [6.07, 6.45) is 1.08. The Morgan fingerprint density at radius 3 is 1.68 bits per heavy atom. The summed E-state index contributed by atoms with van der Waals surface area (Å²) < 4.78 is 0. The van der Waals surface area contributed by atoms with Crippen molar-refractivity contribution in [1.82, 2.24) is 0 Å². The van der Waals surface area contributed by atoms with E-state index in [-0.39, 0.29) is 0 Å². The van der Waals surface area contributed by atoms with Crippen LogP contribution < -0.4 is 0 Å². The number of benzene rings is 2. The quantitative estimate of drug-likeness (QED) is 0.632. The van der Waals surface area contributed by atoms with Crippen LogP contribution in [-0.2, 0) is 0 Å². The van der Waals surface area contributed by atoms with Crippen molar-refractivity contribution in [2.24, 2.45) is 5.92 Å². The maximum atomic E-state index is 6.12. The number of halogens is 2. The number of hydrogen-bond acceptors (Lipinski definition) is 0. The van der Waals surface area contributed by atoms with Gasteiger partial charge in [-0.3, -0.25) is 0 Å². The molecule has 0 fully saturated rings. The van der Waals surface area contributed by atoms with Crippen LogP contribution in [0.25, 0.3) is 0 Å². The van der Waals surface area contributed by atoms with Gasteiger partial charge in [0.1, 0.15) is 0 Å². The average molecular weight is 293 g/mol. The second-order valence-corrected chi connectivity index (χ2v) is 6.17. The summed E-state index contributed by atoms with van der Waals surface area (Å²) in [5, 5.41) is 1.57. The predicted octanol–water partition coefficient (Wildman–Crippen LogP) is 6.17. The molecule has 0 heterocycles. The Kier molecular flexibility index (Phi) is 4.90. The van der Waals surface area contributed by atoms with Gasteiger partial charge in [0.2, 0.25) is 0 Å². The minimum atomic E-state index is 0.345. The Labute approximate surface area is 125 Å². The molecule has 0 saturated carbocycles. The van der Waals surface area contributed by atoms with Gasteiger partial charge < -0.3 is 0 Å². The van der Waals surface area contributed by atoms with E-state index in [1.54, 1.807) is 0 Å². The molecule has 0 bridgehead atoms. The molecule has 0 spiro atoms. The SMILES string of the molecule is CC(C)CC(c1cccc(Cl)c1)c1cccc(Cl)c1. The standard InChI is InChI=1S/C17H18Cl2/c1-12(2)9-17(13-5-3-7-15(18)10-13)14-6-4-8-16(19)11-14/h3-8,10-12,17H,9H2,1-2H3. The van der Waals surface area contributed by atoms with Crippen molar-refractivity contribution in [2.75, 3.05) is 0 Å². The molecule has 0 unspecified atom stereocenters. The highest BCUT2D eigenvalue weighted by atomic mass is 35.5. The van der Waals surface area contributed by atoms with Crippen molar-refractivity contribution in [1.29, 1.82) is 0 Å². The molecule has 0 radical (unpaired) electrons. The molecule has 0 nitrogen and oxygen atoms in total. The minimum absolute atomic E-state index is 0.345. The van der Waals surface area contributed by atoms with Gasteiger partial charge in [-0.2, -0.15) is 0 Å². The van der Waals surface area contributed by atoms with E-state index in [9.17, 15) is 0 Å². The predicted molar refractivity (Wildman–Crippen MR) is 84.2 cm³/mol. The van der Waals surface area contributed by atoms with Crippen LogP contribution in [0.3, 0.4) is 0 Å². The molecule has 2 heteroatoms. The van der Waals surface area contributed by atoms with Crippen LogP contribution in [0.1, 0.15) is 37.3 Å². The maximum absolute atomic E-state index is 6.12. The van der Waals surface area contributed by atoms with Gasteiger partial charge in [0.05, 0.1) is 0 Å². The summed E-state index contributed by atoms with van der Waals surface area (Å²) in [5.74, 6) is 0.959. The lowest BCUT2D eigenvalue weighted by Crippen LogP contribution is -2.05. The van der Waals surface area contributed by atoms with Gasteiger partial charge in [-0.05, 0) is 47.7 Å².